The van der Waals surface area contributed by atoms with Crippen molar-refractivity contribution in [3.63, 3.8) is 0 Å². The first kappa shape index (κ1) is 22.9. The van der Waals surface area contributed by atoms with Crippen LogP contribution in [0, 0.1) is 5.92 Å². The molecule has 1 atom stereocenters. The van der Waals surface area contributed by atoms with Crippen molar-refractivity contribution in [1.29, 1.82) is 0 Å². The largest absolute Gasteiger partial charge is 0.497 e. The Morgan fingerprint density at radius 2 is 1.55 bits per heavy atom. The van der Waals surface area contributed by atoms with Gasteiger partial charge in [0.15, 0.2) is 0 Å². The second kappa shape index (κ2) is 10.6. The predicted molar refractivity (Wildman–Crippen MR) is 135 cm³/mol. The summed E-state index contributed by atoms with van der Waals surface area (Å²) in [6.07, 6.45) is 2.01. The molecule has 4 rings (SSSR count). The number of aromatic nitrogens is 2. The lowest BCUT2D eigenvalue weighted by Crippen LogP contribution is -2.11. The van der Waals surface area contributed by atoms with E-state index in [2.05, 4.69) is 73.9 Å². The number of nitrogens with zero attached hydrogens (tertiary/aromatic N) is 2. The molecule has 33 heavy (non-hydrogen) atoms. The van der Waals surface area contributed by atoms with E-state index in [1.165, 1.54) is 16.6 Å². The smallest absolute Gasteiger partial charge is 0.119 e. The van der Waals surface area contributed by atoms with Crippen LogP contribution in [0.4, 0.5) is 0 Å². The minimum Gasteiger partial charge on any atom is -0.497 e. The molecule has 4 aromatic rings. The van der Waals surface area contributed by atoms with E-state index in [9.17, 15) is 0 Å². The molecule has 0 aliphatic carbocycles. The fourth-order valence-corrected chi connectivity index (χ4v) is 4.31. The zero-order valence-corrected chi connectivity index (χ0v) is 20.1. The van der Waals surface area contributed by atoms with Gasteiger partial charge < -0.3 is 14.0 Å². The minimum absolute atomic E-state index is 0.216. The SMILES string of the molecule is COc1ccc(OCCCn2c(C(C)c3ccc(CC(C)C)cc3)nc3ccccc32)cc1. The lowest BCUT2D eigenvalue weighted by Gasteiger charge is -2.16. The third-order valence-corrected chi connectivity index (χ3v) is 6.05. The molecule has 0 amide bonds. The van der Waals surface area contributed by atoms with Gasteiger partial charge in [0.05, 0.1) is 24.8 Å². The zero-order chi connectivity index (χ0) is 23.2. The maximum atomic E-state index is 5.96. The van der Waals surface area contributed by atoms with Gasteiger partial charge in [-0.05, 0) is 66.3 Å². The van der Waals surface area contributed by atoms with Crippen molar-refractivity contribution in [2.24, 2.45) is 5.92 Å². The molecule has 0 saturated carbocycles. The second-order valence-corrected chi connectivity index (χ2v) is 9.05. The Bertz CT molecular complexity index is 1160. The Labute approximate surface area is 197 Å². The van der Waals surface area contributed by atoms with Crippen LogP contribution >= 0.6 is 0 Å². The summed E-state index contributed by atoms with van der Waals surface area (Å²) in [5.41, 5.74) is 4.92. The molecular formula is C29H34N2O2. The van der Waals surface area contributed by atoms with Crippen LogP contribution in [0.25, 0.3) is 11.0 Å². The summed E-state index contributed by atoms with van der Waals surface area (Å²) in [7, 11) is 1.67. The van der Waals surface area contributed by atoms with E-state index >= 15 is 0 Å². The quantitative estimate of drug-likeness (QED) is 0.252. The van der Waals surface area contributed by atoms with Crippen molar-refractivity contribution in [1.82, 2.24) is 9.55 Å². The molecule has 0 N–H and O–H groups in total. The number of benzene rings is 3. The molecule has 0 aliphatic heterocycles. The van der Waals surface area contributed by atoms with Gasteiger partial charge >= 0.3 is 0 Å². The van der Waals surface area contributed by atoms with Gasteiger partial charge in [-0.3, -0.25) is 0 Å². The fourth-order valence-electron chi connectivity index (χ4n) is 4.31. The summed E-state index contributed by atoms with van der Waals surface area (Å²) in [4.78, 5) is 5.02. The Morgan fingerprint density at radius 1 is 0.848 bits per heavy atom. The highest BCUT2D eigenvalue weighted by Gasteiger charge is 2.18. The molecule has 172 valence electrons. The van der Waals surface area contributed by atoms with Crippen LogP contribution in [0.1, 0.15) is 50.1 Å². The van der Waals surface area contributed by atoms with Crippen LogP contribution in [0.3, 0.4) is 0 Å². The molecular weight excluding hydrogens is 408 g/mol. The number of fused-ring (bicyclic) bond motifs is 1. The third kappa shape index (κ3) is 5.57. The van der Waals surface area contributed by atoms with E-state index < -0.39 is 0 Å². The van der Waals surface area contributed by atoms with E-state index in [-0.39, 0.29) is 5.92 Å². The topological polar surface area (TPSA) is 36.3 Å². The third-order valence-electron chi connectivity index (χ3n) is 6.05. The summed E-state index contributed by atoms with van der Waals surface area (Å²) < 4.78 is 13.5. The van der Waals surface area contributed by atoms with Crippen molar-refractivity contribution in [3.05, 3.63) is 89.7 Å². The summed E-state index contributed by atoms with van der Waals surface area (Å²) in [6.45, 7) is 8.29. The van der Waals surface area contributed by atoms with Crippen molar-refractivity contribution in [2.45, 2.75) is 46.1 Å². The molecule has 0 spiro atoms. The molecule has 4 heteroatoms. The maximum Gasteiger partial charge on any atom is 0.119 e. The van der Waals surface area contributed by atoms with Crippen molar-refractivity contribution >= 4 is 11.0 Å². The Balaban J connectivity index is 1.49. The zero-order valence-electron chi connectivity index (χ0n) is 20.1. The van der Waals surface area contributed by atoms with E-state index in [0.717, 1.165) is 42.2 Å². The van der Waals surface area contributed by atoms with Crippen LogP contribution in [-0.2, 0) is 13.0 Å². The number of hydrogen-bond acceptors (Lipinski definition) is 3. The number of aryl methyl sites for hydroxylation is 1. The highest BCUT2D eigenvalue weighted by atomic mass is 16.5. The number of methoxy groups -OCH3 is 1. The van der Waals surface area contributed by atoms with Gasteiger partial charge in [0, 0.05) is 12.5 Å². The van der Waals surface area contributed by atoms with Gasteiger partial charge in [-0.2, -0.15) is 0 Å². The van der Waals surface area contributed by atoms with E-state index in [1.54, 1.807) is 7.11 Å². The fraction of sp³-hybridized carbons (Fsp3) is 0.345. The molecule has 1 aromatic heterocycles. The normalized spacial score (nSPS) is 12.3. The summed E-state index contributed by atoms with van der Waals surface area (Å²) in [5.74, 6) is 3.69. The molecule has 0 radical (unpaired) electrons. The molecule has 0 bridgehead atoms. The van der Waals surface area contributed by atoms with Gasteiger partial charge in [-0.15, -0.1) is 0 Å². The second-order valence-electron chi connectivity index (χ2n) is 9.05. The summed E-state index contributed by atoms with van der Waals surface area (Å²) >= 11 is 0. The first-order valence-corrected chi connectivity index (χ1v) is 11.9. The molecule has 1 unspecified atom stereocenters. The molecule has 1 heterocycles. The van der Waals surface area contributed by atoms with Gasteiger partial charge in [-0.1, -0.05) is 57.2 Å². The van der Waals surface area contributed by atoms with E-state index in [1.807, 2.05) is 24.3 Å². The highest BCUT2D eigenvalue weighted by Crippen LogP contribution is 2.28. The number of ether oxygens (including phenoxy) is 2. The van der Waals surface area contributed by atoms with Crippen molar-refractivity contribution in [2.75, 3.05) is 13.7 Å². The number of imidazole rings is 1. The number of rotatable bonds is 10. The first-order valence-electron chi connectivity index (χ1n) is 11.9. The standard InChI is InChI=1S/C29H34N2O2/c1-21(2)20-23-10-12-24(13-11-23)22(3)29-30-27-8-5-6-9-28(27)31(29)18-7-19-33-26-16-14-25(32-4)15-17-26/h5-6,8-17,21-22H,7,18-20H2,1-4H3. The Kier molecular flexibility index (Phi) is 7.33. The Hall–Kier alpha value is -3.27. The van der Waals surface area contributed by atoms with E-state index in [0.29, 0.717) is 12.5 Å². The van der Waals surface area contributed by atoms with Crippen molar-refractivity contribution < 1.29 is 9.47 Å². The Morgan fingerprint density at radius 3 is 2.24 bits per heavy atom. The highest BCUT2D eigenvalue weighted by molar-refractivity contribution is 5.76. The van der Waals surface area contributed by atoms with Gasteiger partial charge in [0.2, 0.25) is 0 Å². The lowest BCUT2D eigenvalue weighted by atomic mass is 9.96. The molecule has 4 nitrogen and oxygen atoms in total. The lowest BCUT2D eigenvalue weighted by molar-refractivity contribution is 0.301. The number of hydrogen-bond donors (Lipinski definition) is 0. The van der Waals surface area contributed by atoms with Crippen LogP contribution in [0.15, 0.2) is 72.8 Å². The molecule has 0 saturated heterocycles. The average Bonchev–Trinajstić information content (AvgIpc) is 3.20. The molecule has 0 aliphatic rings. The molecule has 0 fully saturated rings. The van der Waals surface area contributed by atoms with Crippen LogP contribution in [0.5, 0.6) is 11.5 Å². The van der Waals surface area contributed by atoms with Crippen LogP contribution in [0.2, 0.25) is 0 Å². The van der Waals surface area contributed by atoms with Crippen molar-refractivity contribution in [3.8, 4) is 11.5 Å². The number of para-hydroxylation sites is 2. The van der Waals surface area contributed by atoms with E-state index in [4.69, 9.17) is 14.5 Å². The maximum absolute atomic E-state index is 5.96. The van der Waals surface area contributed by atoms with Gasteiger partial charge in [0.1, 0.15) is 17.3 Å². The van der Waals surface area contributed by atoms with Crippen LogP contribution in [-0.4, -0.2) is 23.3 Å². The minimum atomic E-state index is 0.216. The summed E-state index contributed by atoms with van der Waals surface area (Å²) in [5, 5.41) is 0. The predicted octanol–water partition coefficient (Wildman–Crippen LogP) is 6.86. The average molecular weight is 443 g/mol. The monoisotopic (exact) mass is 442 g/mol. The van der Waals surface area contributed by atoms with Gasteiger partial charge in [-0.25, -0.2) is 4.98 Å². The molecule has 3 aromatic carbocycles. The first-order chi connectivity index (χ1) is 16.0. The van der Waals surface area contributed by atoms with Gasteiger partial charge in [0.25, 0.3) is 0 Å². The van der Waals surface area contributed by atoms with Crippen LogP contribution < -0.4 is 9.47 Å². The summed E-state index contributed by atoms with van der Waals surface area (Å²) in [6, 6.07) is 25.2.